The fourth-order valence-electron chi connectivity index (χ4n) is 1.71. The zero-order valence-electron chi connectivity index (χ0n) is 10.4. The van der Waals surface area contributed by atoms with Crippen LogP contribution in [0.2, 0.25) is 0 Å². The molecule has 96 valence electrons. The minimum atomic E-state index is 0.179. The van der Waals surface area contributed by atoms with Gasteiger partial charge in [-0.15, -0.1) is 0 Å². The molecule has 0 saturated heterocycles. The summed E-state index contributed by atoms with van der Waals surface area (Å²) in [6.07, 6.45) is 1.69. The third-order valence-electron chi connectivity index (χ3n) is 2.82. The van der Waals surface area contributed by atoms with E-state index >= 15 is 0 Å². The number of benzene rings is 1. The summed E-state index contributed by atoms with van der Waals surface area (Å²) in [5, 5.41) is 3.41. The molecule has 1 aromatic carbocycles. The van der Waals surface area contributed by atoms with Crippen molar-refractivity contribution in [1.29, 1.82) is 0 Å². The summed E-state index contributed by atoms with van der Waals surface area (Å²) >= 11 is 3.54. The summed E-state index contributed by atoms with van der Waals surface area (Å²) < 4.78 is 11.7. The first-order chi connectivity index (χ1) is 8.70. The minimum absolute atomic E-state index is 0.179. The first-order valence-electron chi connectivity index (χ1n) is 5.80. The number of rotatable bonds is 5. The second kappa shape index (κ2) is 6.07. The molecule has 2 rings (SSSR count). The largest absolute Gasteiger partial charge is 0.497 e. The highest BCUT2D eigenvalue weighted by Crippen LogP contribution is 2.23. The Balaban J connectivity index is 2.01. The van der Waals surface area contributed by atoms with Crippen LogP contribution in [0.4, 0.5) is 0 Å². The lowest BCUT2D eigenvalue weighted by Crippen LogP contribution is -2.17. The normalized spacial score (nSPS) is 12.4. The molecule has 0 saturated carbocycles. The standard InChI is InChI=1S/C14H16BrNO2/c1-10(14-4-3-7-18-14)16-9-11-8-12(17-2)5-6-13(11)15/h3-8,10,16H,9H2,1-2H3. The van der Waals surface area contributed by atoms with Gasteiger partial charge in [0.2, 0.25) is 0 Å². The van der Waals surface area contributed by atoms with Gasteiger partial charge in [0.15, 0.2) is 0 Å². The highest BCUT2D eigenvalue weighted by atomic mass is 79.9. The molecule has 0 radical (unpaired) electrons. The molecule has 18 heavy (non-hydrogen) atoms. The van der Waals surface area contributed by atoms with Crippen LogP contribution in [0.15, 0.2) is 45.5 Å². The van der Waals surface area contributed by atoms with E-state index in [0.29, 0.717) is 0 Å². The molecule has 1 aromatic heterocycles. The van der Waals surface area contributed by atoms with E-state index in [4.69, 9.17) is 9.15 Å². The summed E-state index contributed by atoms with van der Waals surface area (Å²) in [7, 11) is 1.67. The van der Waals surface area contributed by atoms with E-state index in [9.17, 15) is 0 Å². The van der Waals surface area contributed by atoms with Crippen molar-refractivity contribution < 1.29 is 9.15 Å². The summed E-state index contributed by atoms with van der Waals surface area (Å²) in [5.74, 6) is 1.80. The van der Waals surface area contributed by atoms with E-state index in [-0.39, 0.29) is 6.04 Å². The van der Waals surface area contributed by atoms with Gasteiger partial charge < -0.3 is 14.5 Å². The average molecular weight is 310 g/mol. The molecule has 0 aliphatic carbocycles. The van der Waals surface area contributed by atoms with E-state index < -0.39 is 0 Å². The molecule has 0 aliphatic rings. The van der Waals surface area contributed by atoms with Crippen LogP contribution in [0, 0.1) is 0 Å². The zero-order valence-corrected chi connectivity index (χ0v) is 12.0. The van der Waals surface area contributed by atoms with Gasteiger partial charge in [0.05, 0.1) is 19.4 Å². The Bertz CT molecular complexity index is 497. The summed E-state index contributed by atoms with van der Waals surface area (Å²) in [6, 6.07) is 9.99. The molecule has 3 nitrogen and oxygen atoms in total. The summed E-state index contributed by atoms with van der Waals surface area (Å²) in [4.78, 5) is 0. The maximum absolute atomic E-state index is 5.36. The first kappa shape index (κ1) is 13.2. The van der Waals surface area contributed by atoms with Gasteiger partial charge in [-0.1, -0.05) is 15.9 Å². The Morgan fingerprint density at radius 3 is 2.89 bits per heavy atom. The number of methoxy groups -OCH3 is 1. The first-order valence-corrected chi connectivity index (χ1v) is 6.59. The second-order valence-electron chi connectivity index (χ2n) is 4.08. The van der Waals surface area contributed by atoms with E-state index in [1.54, 1.807) is 13.4 Å². The number of nitrogens with one attached hydrogen (secondary N) is 1. The molecule has 0 amide bonds. The van der Waals surface area contributed by atoms with Crippen LogP contribution in [-0.4, -0.2) is 7.11 Å². The van der Waals surface area contributed by atoms with Crippen LogP contribution < -0.4 is 10.1 Å². The third-order valence-corrected chi connectivity index (χ3v) is 3.60. The smallest absolute Gasteiger partial charge is 0.120 e. The molecule has 4 heteroatoms. The molecule has 0 spiro atoms. The summed E-state index contributed by atoms with van der Waals surface area (Å²) in [6.45, 7) is 2.83. The Morgan fingerprint density at radius 1 is 1.39 bits per heavy atom. The lowest BCUT2D eigenvalue weighted by molar-refractivity contribution is 0.412. The van der Waals surface area contributed by atoms with Gasteiger partial charge in [-0.05, 0) is 42.8 Å². The molecular formula is C14H16BrNO2. The van der Waals surface area contributed by atoms with Crippen LogP contribution in [-0.2, 0) is 6.54 Å². The van der Waals surface area contributed by atoms with Crippen molar-refractivity contribution in [3.63, 3.8) is 0 Å². The number of furan rings is 1. The predicted molar refractivity (Wildman–Crippen MR) is 74.7 cm³/mol. The molecule has 2 aromatic rings. The van der Waals surface area contributed by atoms with E-state index in [1.807, 2.05) is 30.3 Å². The van der Waals surface area contributed by atoms with Crippen molar-refractivity contribution in [2.75, 3.05) is 7.11 Å². The van der Waals surface area contributed by atoms with Crippen LogP contribution in [0.3, 0.4) is 0 Å². The molecule has 1 N–H and O–H groups in total. The Morgan fingerprint density at radius 2 is 2.22 bits per heavy atom. The van der Waals surface area contributed by atoms with Crippen molar-refractivity contribution in [3.05, 3.63) is 52.4 Å². The van der Waals surface area contributed by atoms with E-state index in [1.165, 1.54) is 0 Å². The third kappa shape index (κ3) is 3.15. The van der Waals surface area contributed by atoms with Gasteiger partial charge in [0, 0.05) is 11.0 Å². The SMILES string of the molecule is COc1ccc(Br)c(CNC(C)c2ccco2)c1. The molecule has 1 heterocycles. The van der Waals surface area contributed by atoms with Gasteiger partial charge in [-0.3, -0.25) is 0 Å². The van der Waals surface area contributed by atoms with Crippen LogP contribution in [0.5, 0.6) is 5.75 Å². The minimum Gasteiger partial charge on any atom is -0.497 e. The molecule has 0 bridgehead atoms. The molecule has 1 unspecified atom stereocenters. The van der Waals surface area contributed by atoms with Crippen molar-refractivity contribution in [2.24, 2.45) is 0 Å². The number of halogens is 1. The highest BCUT2D eigenvalue weighted by Gasteiger charge is 2.09. The van der Waals surface area contributed by atoms with Gasteiger partial charge in [0.1, 0.15) is 11.5 Å². The molecular weight excluding hydrogens is 294 g/mol. The van der Waals surface area contributed by atoms with Gasteiger partial charge >= 0.3 is 0 Å². The highest BCUT2D eigenvalue weighted by molar-refractivity contribution is 9.10. The van der Waals surface area contributed by atoms with Gasteiger partial charge in [-0.2, -0.15) is 0 Å². The summed E-state index contributed by atoms with van der Waals surface area (Å²) in [5.41, 5.74) is 1.16. The fraction of sp³-hybridized carbons (Fsp3) is 0.286. The molecule has 0 aliphatic heterocycles. The van der Waals surface area contributed by atoms with Crippen molar-refractivity contribution >= 4 is 15.9 Å². The van der Waals surface area contributed by atoms with E-state index in [0.717, 1.165) is 28.1 Å². The number of hydrogen-bond acceptors (Lipinski definition) is 3. The Kier molecular flexibility index (Phi) is 4.44. The van der Waals surface area contributed by atoms with Crippen LogP contribution >= 0.6 is 15.9 Å². The van der Waals surface area contributed by atoms with Crippen LogP contribution in [0.25, 0.3) is 0 Å². The maximum Gasteiger partial charge on any atom is 0.120 e. The van der Waals surface area contributed by atoms with Crippen molar-refractivity contribution in [2.45, 2.75) is 19.5 Å². The fourth-order valence-corrected chi connectivity index (χ4v) is 2.10. The van der Waals surface area contributed by atoms with Gasteiger partial charge in [-0.25, -0.2) is 0 Å². The van der Waals surface area contributed by atoms with E-state index in [2.05, 4.69) is 28.2 Å². The van der Waals surface area contributed by atoms with Crippen molar-refractivity contribution in [1.82, 2.24) is 5.32 Å². The molecule has 1 atom stereocenters. The Hall–Kier alpha value is -1.26. The second-order valence-corrected chi connectivity index (χ2v) is 4.93. The van der Waals surface area contributed by atoms with Crippen molar-refractivity contribution in [3.8, 4) is 5.75 Å². The number of ether oxygens (including phenoxy) is 1. The lowest BCUT2D eigenvalue weighted by atomic mass is 10.2. The zero-order chi connectivity index (χ0) is 13.0. The number of hydrogen-bond donors (Lipinski definition) is 1. The lowest BCUT2D eigenvalue weighted by Gasteiger charge is -2.13. The van der Waals surface area contributed by atoms with Gasteiger partial charge in [0.25, 0.3) is 0 Å². The monoisotopic (exact) mass is 309 g/mol. The average Bonchev–Trinajstić information content (AvgIpc) is 2.91. The Labute approximate surface area is 115 Å². The maximum atomic E-state index is 5.36. The molecule has 0 fully saturated rings. The topological polar surface area (TPSA) is 34.4 Å². The predicted octanol–water partition coefficient (Wildman–Crippen LogP) is 3.90. The van der Waals surface area contributed by atoms with Crippen LogP contribution in [0.1, 0.15) is 24.3 Å². The quantitative estimate of drug-likeness (QED) is 0.909.